The maximum atomic E-state index is 12.1. The summed E-state index contributed by atoms with van der Waals surface area (Å²) in [6, 6.07) is 12.6. The average Bonchev–Trinajstić information content (AvgIpc) is 2.44. The van der Waals surface area contributed by atoms with E-state index in [1.807, 2.05) is 12.1 Å². The normalized spacial score (nSPS) is 10.3. The zero-order valence-electron chi connectivity index (χ0n) is 10.4. The van der Waals surface area contributed by atoms with Crippen LogP contribution < -0.4 is 5.32 Å². The Kier molecular flexibility index (Phi) is 4.46. The molecule has 0 aliphatic rings. The van der Waals surface area contributed by atoms with Crippen LogP contribution in [0.15, 0.2) is 42.5 Å². The van der Waals surface area contributed by atoms with Crippen LogP contribution >= 0.6 is 23.2 Å². The summed E-state index contributed by atoms with van der Waals surface area (Å²) in [4.78, 5) is 12.1. The number of rotatable bonds is 3. The van der Waals surface area contributed by atoms with Crippen LogP contribution in [0.4, 0.5) is 5.69 Å². The molecule has 2 rings (SSSR count). The van der Waals surface area contributed by atoms with Gasteiger partial charge >= 0.3 is 0 Å². The van der Waals surface area contributed by atoms with Crippen LogP contribution in [-0.2, 0) is 6.42 Å². The molecule has 0 fully saturated rings. The highest BCUT2D eigenvalue weighted by molar-refractivity contribution is 6.44. The molecule has 0 aromatic heterocycles. The second-order valence-corrected chi connectivity index (χ2v) is 4.89. The van der Waals surface area contributed by atoms with Crippen LogP contribution in [0.3, 0.4) is 0 Å². The maximum Gasteiger partial charge on any atom is 0.255 e. The minimum atomic E-state index is -0.202. The SMILES string of the molecule is CCc1ccc(C(=O)Nc2cccc(Cl)c2Cl)cc1. The van der Waals surface area contributed by atoms with Crippen molar-refractivity contribution in [1.29, 1.82) is 0 Å². The highest BCUT2D eigenvalue weighted by Crippen LogP contribution is 2.29. The van der Waals surface area contributed by atoms with Gasteiger partial charge in [-0.05, 0) is 36.2 Å². The smallest absolute Gasteiger partial charge is 0.255 e. The second-order valence-electron chi connectivity index (χ2n) is 4.11. The van der Waals surface area contributed by atoms with Gasteiger partial charge in [-0.25, -0.2) is 0 Å². The Labute approximate surface area is 122 Å². The average molecular weight is 294 g/mol. The van der Waals surface area contributed by atoms with E-state index >= 15 is 0 Å². The number of aryl methyl sites for hydroxylation is 1. The maximum absolute atomic E-state index is 12.1. The van der Waals surface area contributed by atoms with Crippen molar-refractivity contribution in [3.8, 4) is 0 Å². The number of benzene rings is 2. The third-order valence-electron chi connectivity index (χ3n) is 2.82. The Bertz CT molecular complexity index is 594. The van der Waals surface area contributed by atoms with Gasteiger partial charge in [0.15, 0.2) is 0 Å². The minimum absolute atomic E-state index is 0.202. The summed E-state index contributed by atoms with van der Waals surface area (Å²) < 4.78 is 0. The summed E-state index contributed by atoms with van der Waals surface area (Å²) in [7, 11) is 0. The van der Waals surface area contributed by atoms with Gasteiger partial charge in [0.1, 0.15) is 0 Å². The van der Waals surface area contributed by atoms with Crippen LogP contribution in [0.25, 0.3) is 0 Å². The van der Waals surface area contributed by atoms with Crippen LogP contribution in [0, 0.1) is 0 Å². The van der Waals surface area contributed by atoms with Crippen molar-refractivity contribution in [2.45, 2.75) is 13.3 Å². The van der Waals surface area contributed by atoms with E-state index in [1.54, 1.807) is 30.3 Å². The molecule has 2 nitrogen and oxygen atoms in total. The summed E-state index contributed by atoms with van der Waals surface area (Å²) in [6.07, 6.45) is 0.946. The van der Waals surface area contributed by atoms with Gasteiger partial charge in [0.25, 0.3) is 5.91 Å². The van der Waals surface area contributed by atoms with E-state index in [2.05, 4.69) is 12.2 Å². The fourth-order valence-electron chi connectivity index (χ4n) is 1.69. The predicted molar refractivity (Wildman–Crippen MR) is 80.2 cm³/mol. The number of hydrogen-bond donors (Lipinski definition) is 1. The second kappa shape index (κ2) is 6.09. The molecule has 0 spiro atoms. The van der Waals surface area contributed by atoms with Crippen LogP contribution in [0.2, 0.25) is 10.0 Å². The van der Waals surface area contributed by atoms with Gasteiger partial charge < -0.3 is 5.32 Å². The summed E-state index contributed by atoms with van der Waals surface area (Å²) in [5.41, 5.74) is 2.30. The molecule has 0 saturated heterocycles. The Morgan fingerprint density at radius 2 is 1.79 bits per heavy atom. The van der Waals surface area contributed by atoms with E-state index in [0.29, 0.717) is 21.3 Å². The highest BCUT2D eigenvalue weighted by atomic mass is 35.5. The monoisotopic (exact) mass is 293 g/mol. The predicted octanol–water partition coefficient (Wildman–Crippen LogP) is 4.81. The van der Waals surface area contributed by atoms with Gasteiger partial charge in [0, 0.05) is 5.56 Å². The lowest BCUT2D eigenvalue weighted by Gasteiger charge is -2.08. The van der Waals surface area contributed by atoms with Gasteiger partial charge in [-0.2, -0.15) is 0 Å². The van der Waals surface area contributed by atoms with Gasteiger partial charge in [0.2, 0.25) is 0 Å². The van der Waals surface area contributed by atoms with E-state index < -0.39 is 0 Å². The lowest BCUT2D eigenvalue weighted by atomic mass is 10.1. The van der Waals surface area contributed by atoms with E-state index in [0.717, 1.165) is 6.42 Å². The number of carbonyl (C=O) groups is 1. The fraction of sp³-hybridized carbons (Fsp3) is 0.133. The third kappa shape index (κ3) is 3.28. The van der Waals surface area contributed by atoms with Crippen molar-refractivity contribution < 1.29 is 4.79 Å². The van der Waals surface area contributed by atoms with Gasteiger partial charge in [0.05, 0.1) is 15.7 Å². The van der Waals surface area contributed by atoms with E-state index in [1.165, 1.54) is 5.56 Å². The molecule has 0 atom stereocenters. The zero-order chi connectivity index (χ0) is 13.8. The summed E-state index contributed by atoms with van der Waals surface area (Å²) >= 11 is 11.9. The first-order chi connectivity index (χ1) is 9.11. The lowest BCUT2D eigenvalue weighted by molar-refractivity contribution is 0.102. The molecule has 0 radical (unpaired) electrons. The van der Waals surface area contributed by atoms with Gasteiger partial charge in [-0.1, -0.05) is 48.3 Å². The zero-order valence-corrected chi connectivity index (χ0v) is 11.9. The number of anilines is 1. The molecule has 2 aromatic carbocycles. The molecule has 0 aliphatic heterocycles. The topological polar surface area (TPSA) is 29.1 Å². The summed E-state index contributed by atoms with van der Waals surface area (Å²) in [5, 5.41) is 3.52. The standard InChI is InChI=1S/C15H13Cl2NO/c1-2-10-6-8-11(9-7-10)15(19)18-13-5-3-4-12(16)14(13)17/h3-9H,2H2,1H3,(H,18,19). The molecule has 0 heterocycles. The van der Waals surface area contributed by atoms with Crippen LogP contribution in [-0.4, -0.2) is 5.91 Å². The van der Waals surface area contributed by atoms with Crippen LogP contribution in [0.1, 0.15) is 22.8 Å². The molecule has 2 aromatic rings. The third-order valence-corrected chi connectivity index (χ3v) is 3.64. The molecule has 98 valence electrons. The Hall–Kier alpha value is -1.51. The summed E-state index contributed by atoms with van der Waals surface area (Å²) in [6.45, 7) is 2.07. The Morgan fingerprint density at radius 3 is 2.42 bits per heavy atom. The van der Waals surface area contributed by atoms with Crippen molar-refractivity contribution >= 4 is 34.8 Å². The molecule has 4 heteroatoms. The number of carbonyl (C=O) groups excluding carboxylic acids is 1. The quantitative estimate of drug-likeness (QED) is 0.865. The first kappa shape index (κ1) is 13.9. The molecule has 0 aliphatic carbocycles. The summed E-state index contributed by atoms with van der Waals surface area (Å²) in [5.74, 6) is -0.202. The molecular formula is C15H13Cl2NO. The molecule has 0 saturated carbocycles. The molecule has 1 N–H and O–H groups in total. The van der Waals surface area contributed by atoms with Gasteiger partial charge in [-0.3, -0.25) is 4.79 Å². The van der Waals surface area contributed by atoms with E-state index in [4.69, 9.17) is 23.2 Å². The minimum Gasteiger partial charge on any atom is -0.321 e. The van der Waals surface area contributed by atoms with Crippen molar-refractivity contribution in [1.82, 2.24) is 0 Å². The van der Waals surface area contributed by atoms with Crippen molar-refractivity contribution in [2.24, 2.45) is 0 Å². The first-order valence-electron chi connectivity index (χ1n) is 5.96. The number of nitrogens with one attached hydrogen (secondary N) is 1. The largest absolute Gasteiger partial charge is 0.321 e. The Morgan fingerprint density at radius 1 is 1.11 bits per heavy atom. The van der Waals surface area contributed by atoms with Crippen molar-refractivity contribution in [3.05, 3.63) is 63.6 Å². The molecular weight excluding hydrogens is 281 g/mol. The van der Waals surface area contributed by atoms with Crippen molar-refractivity contribution in [2.75, 3.05) is 5.32 Å². The van der Waals surface area contributed by atoms with E-state index in [-0.39, 0.29) is 5.91 Å². The first-order valence-corrected chi connectivity index (χ1v) is 6.71. The molecule has 0 bridgehead atoms. The molecule has 0 unspecified atom stereocenters. The van der Waals surface area contributed by atoms with Gasteiger partial charge in [-0.15, -0.1) is 0 Å². The number of halogens is 2. The van der Waals surface area contributed by atoms with Crippen molar-refractivity contribution in [3.63, 3.8) is 0 Å². The fourth-order valence-corrected chi connectivity index (χ4v) is 2.03. The molecule has 1 amide bonds. The van der Waals surface area contributed by atoms with E-state index in [9.17, 15) is 4.79 Å². The highest BCUT2D eigenvalue weighted by Gasteiger charge is 2.09. The lowest BCUT2D eigenvalue weighted by Crippen LogP contribution is -2.12. The Balaban J connectivity index is 2.18. The number of amides is 1. The number of hydrogen-bond acceptors (Lipinski definition) is 1. The molecule has 19 heavy (non-hydrogen) atoms. The van der Waals surface area contributed by atoms with Crippen LogP contribution in [0.5, 0.6) is 0 Å².